The van der Waals surface area contributed by atoms with Crippen LogP contribution >= 0.6 is 0 Å². The van der Waals surface area contributed by atoms with E-state index >= 15 is 0 Å². The van der Waals surface area contributed by atoms with Crippen molar-refractivity contribution in [2.45, 2.75) is 40.0 Å². The molecule has 31 heavy (non-hydrogen) atoms. The van der Waals surface area contributed by atoms with Crippen molar-refractivity contribution in [3.63, 3.8) is 0 Å². The summed E-state index contributed by atoms with van der Waals surface area (Å²) in [6.45, 7) is 14.1. The predicted octanol–water partition coefficient (Wildman–Crippen LogP) is 2.94. The number of piperidine rings is 1. The number of aliphatic imine (C=N–C) groups is 1. The van der Waals surface area contributed by atoms with Gasteiger partial charge >= 0.3 is 0 Å². The van der Waals surface area contributed by atoms with E-state index in [4.69, 9.17) is 19.2 Å². The van der Waals surface area contributed by atoms with Crippen molar-refractivity contribution >= 4 is 5.96 Å². The third-order valence-electron chi connectivity index (χ3n) is 5.48. The maximum Gasteiger partial charge on any atom is 0.191 e. The van der Waals surface area contributed by atoms with Crippen molar-refractivity contribution in [2.75, 3.05) is 66.2 Å². The summed E-state index contributed by atoms with van der Waals surface area (Å²) in [6, 6.07) is 6.19. The van der Waals surface area contributed by atoms with E-state index in [1.807, 2.05) is 19.9 Å². The van der Waals surface area contributed by atoms with E-state index in [1.54, 1.807) is 7.11 Å². The van der Waals surface area contributed by atoms with Gasteiger partial charge in [-0.05, 0) is 76.7 Å². The molecule has 7 nitrogen and oxygen atoms in total. The van der Waals surface area contributed by atoms with Crippen molar-refractivity contribution in [1.82, 2.24) is 15.5 Å². The first-order valence-electron chi connectivity index (χ1n) is 11.8. The third kappa shape index (κ3) is 9.35. The lowest BCUT2D eigenvalue weighted by Gasteiger charge is -2.31. The van der Waals surface area contributed by atoms with E-state index in [0.717, 1.165) is 69.8 Å². The average Bonchev–Trinajstić information content (AvgIpc) is 2.78. The predicted molar refractivity (Wildman–Crippen MR) is 128 cm³/mol. The van der Waals surface area contributed by atoms with Gasteiger partial charge in [-0.25, -0.2) is 0 Å². The molecule has 7 heteroatoms. The number of hydrogen-bond acceptors (Lipinski definition) is 5. The summed E-state index contributed by atoms with van der Waals surface area (Å²) in [6.07, 6.45) is 3.31. The summed E-state index contributed by atoms with van der Waals surface area (Å²) in [5.74, 6) is 3.19. The Kier molecular flexibility index (Phi) is 12.2. The minimum Gasteiger partial charge on any atom is -0.490 e. The molecular formula is C24H42N4O3. The monoisotopic (exact) mass is 434 g/mol. The van der Waals surface area contributed by atoms with Crippen LogP contribution in [0.1, 0.15) is 39.2 Å². The highest BCUT2D eigenvalue weighted by Crippen LogP contribution is 2.28. The number of guanidine groups is 1. The van der Waals surface area contributed by atoms with E-state index in [9.17, 15) is 0 Å². The molecule has 0 unspecified atom stereocenters. The summed E-state index contributed by atoms with van der Waals surface area (Å²) in [7, 11) is 1.77. The largest absolute Gasteiger partial charge is 0.490 e. The van der Waals surface area contributed by atoms with Gasteiger partial charge in [-0.1, -0.05) is 6.07 Å². The number of nitrogens with one attached hydrogen (secondary N) is 2. The molecular weight excluding hydrogens is 392 g/mol. The second-order valence-corrected chi connectivity index (χ2v) is 7.82. The van der Waals surface area contributed by atoms with Crippen LogP contribution in [0.5, 0.6) is 11.5 Å². The van der Waals surface area contributed by atoms with Crippen LogP contribution in [0, 0.1) is 5.92 Å². The molecule has 1 aromatic rings. The van der Waals surface area contributed by atoms with Crippen molar-refractivity contribution in [2.24, 2.45) is 10.9 Å². The third-order valence-corrected chi connectivity index (χ3v) is 5.48. The van der Waals surface area contributed by atoms with Crippen LogP contribution in [0.4, 0.5) is 0 Å². The van der Waals surface area contributed by atoms with Gasteiger partial charge in [-0.15, -0.1) is 0 Å². The topological polar surface area (TPSA) is 67.4 Å². The van der Waals surface area contributed by atoms with Crippen LogP contribution in [-0.4, -0.2) is 77.1 Å². The molecule has 0 atom stereocenters. The number of likely N-dealkylation sites (tertiary alicyclic amines) is 1. The molecule has 1 saturated heterocycles. The first kappa shape index (κ1) is 25.3. The van der Waals surface area contributed by atoms with Gasteiger partial charge in [0.05, 0.1) is 19.8 Å². The van der Waals surface area contributed by atoms with E-state index in [0.29, 0.717) is 19.1 Å². The van der Waals surface area contributed by atoms with Gasteiger partial charge in [0.1, 0.15) is 0 Å². The lowest BCUT2D eigenvalue weighted by molar-refractivity contribution is 0.121. The van der Waals surface area contributed by atoms with Gasteiger partial charge in [0.25, 0.3) is 0 Å². The number of ether oxygens (including phenoxy) is 3. The quantitative estimate of drug-likeness (QED) is 0.368. The van der Waals surface area contributed by atoms with Crippen molar-refractivity contribution in [3.8, 4) is 11.5 Å². The molecule has 1 aliphatic heterocycles. The molecule has 0 aromatic heterocycles. The van der Waals surface area contributed by atoms with Gasteiger partial charge in [-0.2, -0.15) is 0 Å². The second kappa shape index (κ2) is 14.9. The Balaban J connectivity index is 1.81. The Morgan fingerprint density at radius 3 is 2.48 bits per heavy atom. The number of rotatable bonds is 13. The van der Waals surface area contributed by atoms with Gasteiger partial charge in [-0.3, -0.25) is 4.99 Å². The summed E-state index contributed by atoms with van der Waals surface area (Å²) in [5, 5.41) is 6.85. The fraction of sp³-hybridized carbons (Fsp3) is 0.708. The van der Waals surface area contributed by atoms with Crippen LogP contribution < -0.4 is 20.1 Å². The Labute approximate surface area is 188 Å². The minimum atomic E-state index is 0.629. The molecule has 176 valence electrons. The summed E-state index contributed by atoms with van der Waals surface area (Å²) >= 11 is 0. The lowest BCUT2D eigenvalue weighted by atomic mass is 9.97. The fourth-order valence-corrected chi connectivity index (χ4v) is 3.75. The van der Waals surface area contributed by atoms with E-state index in [1.165, 1.54) is 18.4 Å². The van der Waals surface area contributed by atoms with Crippen molar-refractivity contribution in [1.29, 1.82) is 0 Å². The molecule has 0 radical (unpaired) electrons. The van der Waals surface area contributed by atoms with E-state index in [-0.39, 0.29) is 0 Å². The van der Waals surface area contributed by atoms with Gasteiger partial charge in [0.15, 0.2) is 17.5 Å². The van der Waals surface area contributed by atoms with Crippen LogP contribution in [0.3, 0.4) is 0 Å². The molecule has 2 N–H and O–H groups in total. The molecule has 1 heterocycles. The van der Waals surface area contributed by atoms with Gasteiger partial charge in [0.2, 0.25) is 0 Å². The molecule has 1 aromatic carbocycles. The zero-order chi connectivity index (χ0) is 22.3. The Morgan fingerprint density at radius 1 is 1.06 bits per heavy atom. The smallest absolute Gasteiger partial charge is 0.191 e. The molecule has 0 aliphatic carbocycles. The first-order chi connectivity index (χ1) is 15.2. The zero-order valence-electron chi connectivity index (χ0n) is 19.9. The van der Waals surface area contributed by atoms with Gasteiger partial charge < -0.3 is 29.7 Å². The lowest BCUT2D eigenvalue weighted by Crippen LogP contribution is -2.40. The molecule has 1 aliphatic rings. The molecule has 0 amide bonds. The Hall–Kier alpha value is -1.99. The Morgan fingerprint density at radius 2 is 1.81 bits per heavy atom. The van der Waals surface area contributed by atoms with E-state index < -0.39 is 0 Å². The standard InChI is InChI=1S/C24H42N4O3/c1-5-25-24(27-19-21-11-14-28(15-12-21)16-17-29-4)26-13-10-20-8-9-22(30-6-2)23(18-20)31-7-3/h8-9,18,21H,5-7,10-17,19H2,1-4H3,(H2,25,26,27). The molecule has 0 spiro atoms. The SMILES string of the molecule is CCNC(=NCC1CCN(CCOC)CC1)NCCc1ccc(OCC)c(OCC)c1. The van der Waals surface area contributed by atoms with Crippen LogP contribution in [0.2, 0.25) is 0 Å². The first-order valence-corrected chi connectivity index (χ1v) is 11.8. The van der Waals surface area contributed by atoms with Crippen LogP contribution in [0.25, 0.3) is 0 Å². The van der Waals surface area contributed by atoms with E-state index in [2.05, 4.69) is 34.6 Å². The normalized spacial score (nSPS) is 15.7. The van der Waals surface area contributed by atoms with Crippen LogP contribution in [-0.2, 0) is 11.2 Å². The highest BCUT2D eigenvalue weighted by molar-refractivity contribution is 5.79. The minimum absolute atomic E-state index is 0.629. The number of benzene rings is 1. The summed E-state index contributed by atoms with van der Waals surface area (Å²) in [4.78, 5) is 7.33. The second-order valence-electron chi connectivity index (χ2n) is 7.82. The molecule has 1 fully saturated rings. The molecule has 2 rings (SSSR count). The number of methoxy groups -OCH3 is 1. The maximum absolute atomic E-state index is 5.74. The number of hydrogen-bond donors (Lipinski definition) is 2. The summed E-state index contributed by atoms with van der Waals surface area (Å²) < 4.78 is 16.6. The average molecular weight is 435 g/mol. The van der Waals surface area contributed by atoms with Crippen LogP contribution in [0.15, 0.2) is 23.2 Å². The van der Waals surface area contributed by atoms with Gasteiger partial charge in [0, 0.05) is 33.3 Å². The zero-order valence-corrected chi connectivity index (χ0v) is 19.9. The highest BCUT2D eigenvalue weighted by Gasteiger charge is 2.18. The number of nitrogens with zero attached hydrogens (tertiary/aromatic N) is 2. The van der Waals surface area contributed by atoms with Crippen molar-refractivity contribution in [3.05, 3.63) is 23.8 Å². The highest BCUT2D eigenvalue weighted by atomic mass is 16.5. The maximum atomic E-state index is 5.74. The fourth-order valence-electron chi connectivity index (χ4n) is 3.75. The molecule has 0 saturated carbocycles. The Bertz CT molecular complexity index is 646. The van der Waals surface area contributed by atoms with Crippen molar-refractivity contribution < 1.29 is 14.2 Å². The summed E-state index contributed by atoms with van der Waals surface area (Å²) in [5.41, 5.74) is 1.22. The molecule has 0 bridgehead atoms.